The fourth-order valence-corrected chi connectivity index (χ4v) is 3.40. The highest BCUT2D eigenvalue weighted by Gasteiger charge is 2.27. The number of primary amides is 1. The molecular weight excluding hydrogens is 332 g/mol. The third kappa shape index (κ3) is 4.32. The van der Waals surface area contributed by atoms with Crippen molar-refractivity contribution >= 4 is 23.4 Å². The first-order chi connectivity index (χ1) is 11.3. The van der Waals surface area contributed by atoms with Crippen molar-refractivity contribution in [2.45, 2.75) is 20.3 Å². The minimum Gasteiger partial charge on any atom is -0.493 e. The van der Waals surface area contributed by atoms with Crippen molar-refractivity contribution in [3.8, 4) is 11.5 Å². The molecule has 0 saturated carbocycles. The summed E-state index contributed by atoms with van der Waals surface area (Å²) < 4.78 is 10.5. The third-order valence-corrected chi connectivity index (χ3v) is 4.27. The van der Waals surface area contributed by atoms with Gasteiger partial charge in [-0.1, -0.05) is 25.4 Å². The summed E-state index contributed by atoms with van der Waals surface area (Å²) in [6.45, 7) is 5.42. The second-order valence-electron chi connectivity index (χ2n) is 6.40. The van der Waals surface area contributed by atoms with Crippen LogP contribution in [0, 0.1) is 11.8 Å². The Balaban J connectivity index is 2.25. The SMILES string of the molecule is COc1cc(C(=O)N2C[C@H](C)C[C@@H](C)C2)cc(Cl)c1OCC(N)=O. The highest BCUT2D eigenvalue weighted by molar-refractivity contribution is 6.32. The Hall–Kier alpha value is -1.95. The molecule has 2 amide bonds. The number of benzene rings is 1. The van der Waals surface area contributed by atoms with Crippen LogP contribution in [0.25, 0.3) is 0 Å². The second-order valence-corrected chi connectivity index (χ2v) is 6.81. The first-order valence-corrected chi connectivity index (χ1v) is 8.27. The van der Waals surface area contributed by atoms with Crippen LogP contribution in [0.15, 0.2) is 12.1 Å². The van der Waals surface area contributed by atoms with Gasteiger partial charge in [-0.2, -0.15) is 0 Å². The first-order valence-electron chi connectivity index (χ1n) is 7.89. The molecule has 2 rings (SSSR count). The van der Waals surface area contributed by atoms with Gasteiger partial charge in [-0.25, -0.2) is 0 Å². The molecule has 1 fully saturated rings. The maximum absolute atomic E-state index is 12.8. The zero-order chi connectivity index (χ0) is 17.9. The van der Waals surface area contributed by atoms with E-state index in [1.54, 1.807) is 6.07 Å². The van der Waals surface area contributed by atoms with Crippen LogP contribution in [0.1, 0.15) is 30.6 Å². The zero-order valence-corrected chi connectivity index (χ0v) is 14.9. The number of hydrogen-bond donors (Lipinski definition) is 1. The Kier molecular flexibility index (Phi) is 5.94. The lowest BCUT2D eigenvalue weighted by molar-refractivity contribution is -0.119. The Bertz CT molecular complexity index is 625. The number of piperidine rings is 1. The van der Waals surface area contributed by atoms with Crippen molar-refractivity contribution in [3.05, 3.63) is 22.7 Å². The highest BCUT2D eigenvalue weighted by Crippen LogP contribution is 2.37. The molecule has 1 aliphatic rings. The molecule has 2 atom stereocenters. The normalized spacial score (nSPS) is 20.6. The predicted octanol–water partition coefficient (Wildman–Crippen LogP) is 2.33. The summed E-state index contributed by atoms with van der Waals surface area (Å²) in [5, 5.41) is 0.206. The number of hydrogen-bond acceptors (Lipinski definition) is 4. The largest absolute Gasteiger partial charge is 0.493 e. The molecule has 0 aromatic heterocycles. The molecule has 7 heteroatoms. The fraction of sp³-hybridized carbons (Fsp3) is 0.529. The van der Waals surface area contributed by atoms with Crippen molar-refractivity contribution in [2.75, 3.05) is 26.8 Å². The molecule has 0 bridgehead atoms. The van der Waals surface area contributed by atoms with Gasteiger partial charge >= 0.3 is 0 Å². The second kappa shape index (κ2) is 7.75. The van der Waals surface area contributed by atoms with Crippen molar-refractivity contribution < 1.29 is 19.1 Å². The van der Waals surface area contributed by atoms with E-state index in [1.807, 2.05) is 4.90 Å². The van der Waals surface area contributed by atoms with Crippen LogP contribution in [0.2, 0.25) is 5.02 Å². The van der Waals surface area contributed by atoms with E-state index in [1.165, 1.54) is 13.2 Å². The van der Waals surface area contributed by atoms with Crippen molar-refractivity contribution in [1.82, 2.24) is 4.90 Å². The van der Waals surface area contributed by atoms with E-state index >= 15 is 0 Å². The lowest BCUT2D eigenvalue weighted by Crippen LogP contribution is -2.42. The highest BCUT2D eigenvalue weighted by atomic mass is 35.5. The molecule has 2 N–H and O–H groups in total. The van der Waals surface area contributed by atoms with Crippen molar-refractivity contribution in [3.63, 3.8) is 0 Å². The van der Waals surface area contributed by atoms with E-state index < -0.39 is 5.91 Å². The van der Waals surface area contributed by atoms with Crippen LogP contribution in [-0.4, -0.2) is 43.5 Å². The van der Waals surface area contributed by atoms with Crippen molar-refractivity contribution in [1.29, 1.82) is 0 Å². The molecule has 0 aliphatic carbocycles. The number of likely N-dealkylation sites (tertiary alicyclic amines) is 1. The van der Waals surface area contributed by atoms with Crippen LogP contribution >= 0.6 is 11.6 Å². The smallest absolute Gasteiger partial charge is 0.255 e. The first kappa shape index (κ1) is 18.4. The summed E-state index contributed by atoms with van der Waals surface area (Å²) in [7, 11) is 1.45. The molecule has 1 aromatic carbocycles. The van der Waals surface area contributed by atoms with Gasteiger partial charge in [0.15, 0.2) is 18.1 Å². The third-order valence-electron chi connectivity index (χ3n) is 3.99. The number of rotatable bonds is 5. The van der Waals surface area contributed by atoms with Gasteiger partial charge in [0, 0.05) is 18.7 Å². The predicted molar refractivity (Wildman–Crippen MR) is 91.5 cm³/mol. The topological polar surface area (TPSA) is 81.9 Å². The maximum Gasteiger partial charge on any atom is 0.255 e. The van der Waals surface area contributed by atoms with Crippen LogP contribution in [0.4, 0.5) is 0 Å². The molecule has 1 saturated heterocycles. The number of nitrogens with two attached hydrogens (primary N) is 1. The number of carbonyl (C=O) groups excluding carboxylic acids is 2. The maximum atomic E-state index is 12.8. The van der Waals surface area contributed by atoms with Crippen LogP contribution in [-0.2, 0) is 4.79 Å². The van der Waals surface area contributed by atoms with Crippen molar-refractivity contribution in [2.24, 2.45) is 17.6 Å². The summed E-state index contributed by atoms with van der Waals surface area (Å²) in [6, 6.07) is 3.11. The Morgan fingerprint density at radius 1 is 1.29 bits per heavy atom. The molecule has 132 valence electrons. The van der Waals surface area contributed by atoms with E-state index in [-0.39, 0.29) is 23.3 Å². The summed E-state index contributed by atoms with van der Waals surface area (Å²) in [4.78, 5) is 25.5. The van der Waals surface area contributed by atoms with Gasteiger partial charge in [-0.15, -0.1) is 0 Å². The van der Waals surface area contributed by atoms with E-state index in [9.17, 15) is 9.59 Å². The number of nitrogens with zero attached hydrogens (tertiary/aromatic N) is 1. The molecule has 1 heterocycles. The summed E-state index contributed by atoms with van der Waals surface area (Å²) in [6.07, 6.45) is 1.12. The Morgan fingerprint density at radius 3 is 2.46 bits per heavy atom. The molecule has 0 radical (unpaired) electrons. The average molecular weight is 355 g/mol. The van der Waals surface area contributed by atoms with E-state index in [2.05, 4.69) is 13.8 Å². The van der Waals surface area contributed by atoms with Gasteiger partial charge < -0.3 is 20.1 Å². The average Bonchev–Trinajstić information content (AvgIpc) is 2.51. The number of amides is 2. The summed E-state index contributed by atoms with van der Waals surface area (Å²) >= 11 is 6.21. The van der Waals surface area contributed by atoms with Gasteiger partial charge in [0.1, 0.15) is 0 Å². The molecule has 0 spiro atoms. The lowest BCUT2D eigenvalue weighted by atomic mass is 9.91. The molecular formula is C17H23ClN2O4. The Labute approximate surface area is 146 Å². The standard InChI is InChI=1S/C17H23ClN2O4/c1-10-4-11(2)8-20(7-10)17(22)12-5-13(18)16(14(6-12)23-3)24-9-15(19)21/h5-6,10-11H,4,7-9H2,1-3H3,(H2,19,21)/t10-,11-/m1/s1. The minimum absolute atomic E-state index is 0.0879. The molecule has 1 aliphatic heterocycles. The lowest BCUT2D eigenvalue weighted by Gasteiger charge is -2.35. The quantitative estimate of drug-likeness (QED) is 0.879. The number of halogens is 1. The number of methoxy groups -OCH3 is 1. The summed E-state index contributed by atoms with van der Waals surface area (Å²) in [5.74, 6) is 0.723. The molecule has 0 unspecified atom stereocenters. The van der Waals surface area contributed by atoms with Gasteiger partial charge in [-0.3, -0.25) is 9.59 Å². The van der Waals surface area contributed by atoms with Crippen LogP contribution in [0.3, 0.4) is 0 Å². The number of carbonyl (C=O) groups is 2. The van der Waals surface area contributed by atoms with E-state index in [4.69, 9.17) is 26.8 Å². The fourth-order valence-electron chi connectivity index (χ4n) is 3.14. The van der Waals surface area contributed by atoms with Gasteiger partial charge in [0.05, 0.1) is 12.1 Å². The summed E-state index contributed by atoms with van der Waals surface area (Å²) in [5.41, 5.74) is 5.51. The molecule has 24 heavy (non-hydrogen) atoms. The van der Waals surface area contributed by atoms with Crippen LogP contribution < -0.4 is 15.2 Å². The Morgan fingerprint density at radius 2 is 1.92 bits per heavy atom. The minimum atomic E-state index is -0.621. The van der Waals surface area contributed by atoms with Crippen LogP contribution in [0.5, 0.6) is 11.5 Å². The van der Waals surface area contributed by atoms with Gasteiger partial charge in [0.2, 0.25) is 0 Å². The monoisotopic (exact) mass is 354 g/mol. The molecule has 1 aromatic rings. The van der Waals surface area contributed by atoms with Gasteiger partial charge in [-0.05, 0) is 30.4 Å². The van der Waals surface area contributed by atoms with E-state index in [0.29, 0.717) is 23.1 Å². The zero-order valence-electron chi connectivity index (χ0n) is 14.2. The molecule has 6 nitrogen and oxygen atoms in total. The number of ether oxygens (including phenoxy) is 2. The van der Waals surface area contributed by atoms with Gasteiger partial charge in [0.25, 0.3) is 11.8 Å². The van der Waals surface area contributed by atoms with E-state index in [0.717, 1.165) is 19.5 Å².